The number of halogens is 1. The van der Waals surface area contributed by atoms with Crippen LogP contribution in [0, 0.1) is 0 Å². The highest BCUT2D eigenvalue weighted by molar-refractivity contribution is 6.30. The fraction of sp³-hybridized carbons (Fsp3) is 0.244. The van der Waals surface area contributed by atoms with Crippen LogP contribution in [0.1, 0.15) is 84.0 Å². The number of pyridine rings is 1. The molecule has 2 heterocycles. The minimum absolute atomic E-state index is 0.0275. The van der Waals surface area contributed by atoms with Crippen LogP contribution in [0.2, 0.25) is 5.02 Å². The first-order valence-electron chi connectivity index (χ1n) is 18.4. The molecular weight excluding hydrogens is 682 g/mol. The average Bonchev–Trinajstić information content (AvgIpc) is 3.70. The van der Waals surface area contributed by atoms with Crippen molar-refractivity contribution in [3.05, 3.63) is 146 Å². The number of aliphatic hydroxyl groups excluding tert-OH is 1. The third-order valence-corrected chi connectivity index (χ3v) is 11.1. The minimum Gasteiger partial charge on any atom is -0.392 e. The van der Waals surface area contributed by atoms with Crippen LogP contribution in [0.5, 0.6) is 0 Å². The number of ketones is 1. The SMILES string of the molecule is CC1=C(CC(=O)NCCCCCCCc2ccc3c4c2cccc4c(=O)n2c4ccccc4nc32)c2cc(CO)ccc2C1C(=O)c1ccc(Cl)cc1. The molecule has 1 aliphatic rings. The molecule has 1 amide bonds. The number of allylic oxidation sites excluding steroid dienone is 1. The molecule has 0 radical (unpaired) electrons. The van der Waals surface area contributed by atoms with Crippen LogP contribution in [-0.2, 0) is 17.8 Å². The van der Waals surface area contributed by atoms with Crippen molar-refractivity contribution in [1.29, 1.82) is 0 Å². The Morgan fingerprint density at radius 2 is 1.62 bits per heavy atom. The summed E-state index contributed by atoms with van der Waals surface area (Å²) in [7, 11) is 0. The summed E-state index contributed by atoms with van der Waals surface area (Å²) in [5.74, 6) is -0.589. The summed E-state index contributed by atoms with van der Waals surface area (Å²) in [5, 5.41) is 17.3. The molecule has 7 nitrogen and oxygen atoms in total. The molecule has 53 heavy (non-hydrogen) atoms. The fourth-order valence-corrected chi connectivity index (χ4v) is 8.32. The highest BCUT2D eigenvalue weighted by atomic mass is 35.5. The number of hydrogen-bond donors (Lipinski definition) is 2. The van der Waals surface area contributed by atoms with Gasteiger partial charge in [-0.25, -0.2) is 4.98 Å². The van der Waals surface area contributed by atoms with Gasteiger partial charge in [-0.1, -0.05) is 85.0 Å². The molecule has 0 fully saturated rings. The van der Waals surface area contributed by atoms with E-state index in [1.165, 1.54) is 5.56 Å². The Balaban J connectivity index is 0.857. The van der Waals surface area contributed by atoms with E-state index in [4.69, 9.17) is 16.6 Å². The van der Waals surface area contributed by atoms with Crippen LogP contribution in [-0.4, -0.2) is 32.7 Å². The van der Waals surface area contributed by atoms with Gasteiger partial charge >= 0.3 is 0 Å². The smallest absolute Gasteiger partial charge is 0.264 e. The van der Waals surface area contributed by atoms with Gasteiger partial charge in [-0.3, -0.25) is 18.8 Å². The number of aliphatic hydroxyl groups is 1. The highest BCUT2D eigenvalue weighted by Crippen LogP contribution is 2.45. The number of carbonyl (C=O) groups excluding carboxylic acids is 2. The summed E-state index contributed by atoms with van der Waals surface area (Å²) >= 11 is 6.06. The van der Waals surface area contributed by atoms with Gasteiger partial charge < -0.3 is 10.4 Å². The molecule has 2 aromatic heterocycles. The van der Waals surface area contributed by atoms with E-state index in [-0.39, 0.29) is 30.3 Å². The normalized spacial score (nSPS) is 14.2. The van der Waals surface area contributed by atoms with Crippen molar-refractivity contribution in [2.24, 2.45) is 0 Å². The molecule has 0 spiro atoms. The van der Waals surface area contributed by atoms with Crippen LogP contribution in [0.3, 0.4) is 0 Å². The molecule has 8 rings (SSSR count). The van der Waals surface area contributed by atoms with E-state index in [1.54, 1.807) is 28.7 Å². The van der Waals surface area contributed by atoms with E-state index in [9.17, 15) is 19.5 Å². The van der Waals surface area contributed by atoms with Crippen LogP contribution >= 0.6 is 11.6 Å². The van der Waals surface area contributed by atoms with E-state index in [0.29, 0.717) is 22.8 Å². The number of rotatable bonds is 13. The van der Waals surface area contributed by atoms with Gasteiger partial charge in [0.15, 0.2) is 5.78 Å². The number of aromatic nitrogens is 2. The first-order chi connectivity index (χ1) is 25.8. The van der Waals surface area contributed by atoms with Crippen molar-refractivity contribution in [2.75, 3.05) is 6.54 Å². The topological polar surface area (TPSA) is 101 Å². The second-order valence-corrected chi connectivity index (χ2v) is 14.6. The first kappa shape index (κ1) is 34.7. The number of imidazole rings is 1. The molecule has 0 bridgehead atoms. The number of unbranched alkanes of at least 4 members (excludes halogenated alkanes) is 4. The quantitative estimate of drug-likeness (QED) is 0.0914. The van der Waals surface area contributed by atoms with E-state index in [0.717, 1.165) is 98.9 Å². The number of nitrogens with zero attached hydrogens (tertiary/aromatic N) is 2. The number of Topliss-reactive ketones (excluding diaryl/α,β-unsaturated/α-hetero) is 1. The maximum absolute atomic E-state index is 13.7. The highest BCUT2D eigenvalue weighted by Gasteiger charge is 2.35. The number of carbonyl (C=O) groups is 2. The molecule has 0 saturated carbocycles. The van der Waals surface area contributed by atoms with Crippen molar-refractivity contribution >= 4 is 67.1 Å². The maximum atomic E-state index is 13.7. The lowest BCUT2D eigenvalue weighted by molar-refractivity contribution is -0.120. The zero-order chi connectivity index (χ0) is 36.6. The largest absolute Gasteiger partial charge is 0.392 e. The van der Waals surface area contributed by atoms with Gasteiger partial charge in [0.2, 0.25) is 5.91 Å². The molecular formula is C45H40ClN3O4. The predicted octanol–water partition coefficient (Wildman–Crippen LogP) is 9.19. The van der Waals surface area contributed by atoms with Crippen LogP contribution in [0.15, 0.2) is 107 Å². The molecule has 8 heteroatoms. The summed E-state index contributed by atoms with van der Waals surface area (Å²) < 4.78 is 1.75. The van der Waals surface area contributed by atoms with Gasteiger partial charge in [-0.15, -0.1) is 0 Å². The number of fused-ring (bicyclic) bond motifs is 5. The minimum atomic E-state index is -0.483. The zero-order valence-corrected chi connectivity index (χ0v) is 30.4. The summed E-state index contributed by atoms with van der Waals surface area (Å²) in [6, 6.07) is 30.7. The van der Waals surface area contributed by atoms with Gasteiger partial charge in [0.25, 0.3) is 5.56 Å². The molecule has 0 aliphatic heterocycles. The molecule has 0 saturated heterocycles. The molecule has 1 unspecified atom stereocenters. The number of benzene rings is 5. The third kappa shape index (κ3) is 6.38. The summed E-state index contributed by atoms with van der Waals surface area (Å²) in [4.78, 5) is 45.3. The van der Waals surface area contributed by atoms with Crippen LogP contribution < -0.4 is 10.9 Å². The van der Waals surface area contributed by atoms with Gasteiger partial charge in [-0.05, 0) is 108 Å². The van der Waals surface area contributed by atoms with Gasteiger partial charge in [-0.2, -0.15) is 0 Å². The van der Waals surface area contributed by atoms with E-state index < -0.39 is 5.92 Å². The lowest BCUT2D eigenvalue weighted by Gasteiger charge is -2.14. The third-order valence-electron chi connectivity index (χ3n) is 10.9. The Morgan fingerprint density at radius 3 is 2.45 bits per heavy atom. The Labute approximate surface area is 312 Å². The Hall–Kier alpha value is -5.37. The van der Waals surface area contributed by atoms with Crippen molar-refractivity contribution in [3.63, 3.8) is 0 Å². The van der Waals surface area contributed by atoms with Crippen molar-refractivity contribution in [3.8, 4) is 0 Å². The van der Waals surface area contributed by atoms with E-state index >= 15 is 0 Å². The van der Waals surface area contributed by atoms with E-state index in [2.05, 4.69) is 23.5 Å². The molecule has 5 aromatic carbocycles. The zero-order valence-electron chi connectivity index (χ0n) is 29.6. The van der Waals surface area contributed by atoms with Crippen LogP contribution in [0.25, 0.3) is 43.8 Å². The standard InChI is InChI=1S/C45H40ClN3O4/c1-27-36(37-24-28(26-50)15-21-33(37)41(27)43(52)30-16-19-31(46)20-17-30)25-40(51)47-23-8-4-2-3-5-10-29-18-22-34-42-32(29)11-9-12-35(42)45(53)49-39-14-7-6-13-38(39)48-44(34)49/h6-7,9,11-22,24,41,50H,2-5,8,10,23,25-26H2,1H3,(H,47,51). The maximum Gasteiger partial charge on any atom is 0.264 e. The summed E-state index contributed by atoms with van der Waals surface area (Å²) in [6.45, 7) is 2.41. The summed E-state index contributed by atoms with van der Waals surface area (Å²) in [6.07, 6.45) is 6.18. The first-order valence-corrected chi connectivity index (χ1v) is 18.8. The number of amides is 1. The van der Waals surface area contributed by atoms with Crippen LogP contribution in [0.4, 0.5) is 0 Å². The Morgan fingerprint density at radius 1 is 0.849 bits per heavy atom. The van der Waals surface area contributed by atoms with Gasteiger partial charge in [0.05, 0.1) is 30.0 Å². The lowest BCUT2D eigenvalue weighted by atomic mass is 9.88. The van der Waals surface area contributed by atoms with Crippen molar-refractivity contribution < 1.29 is 14.7 Å². The number of nitrogens with one attached hydrogen (secondary N) is 1. The number of hydrogen-bond acceptors (Lipinski definition) is 5. The second-order valence-electron chi connectivity index (χ2n) is 14.2. The average molecular weight is 722 g/mol. The molecule has 7 aromatic rings. The molecule has 1 atom stereocenters. The molecule has 266 valence electrons. The molecule has 1 aliphatic carbocycles. The van der Waals surface area contributed by atoms with Gasteiger partial charge in [0.1, 0.15) is 5.65 Å². The number of para-hydroxylation sites is 2. The monoisotopic (exact) mass is 721 g/mol. The summed E-state index contributed by atoms with van der Waals surface area (Å²) in [5.41, 5.74) is 8.34. The van der Waals surface area contributed by atoms with E-state index in [1.807, 2.05) is 61.5 Å². The second kappa shape index (κ2) is 14.6. The Bertz CT molecular complexity index is 2620. The van der Waals surface area contributed by atoms with Gasteiger partial charge in [0, 0.05) is 33.3 Å². The Kier molecular flexibility index (Phi) is 9.54. The fourth-order valence-electron chi connectivity index (χ4n) is 8.19. The van der Waals surface area contributed by atoms with Crippen molar-refractivity contribution in [1.82, 2.24) is 14.7 Å². The molecule has 2 N–H and O–H groups in total. The number of aryl methyl sites for hydroxylation is 1. The lowest BCUT2D eigenvalue weighted by Crippen LogP contribution is -2.24. The van der Waals surface area contributed by atoms with Crippen molar-refractivity contribution in [2.45, 2.75) is 64.4 Å². The predicted molar refractivity (Wildman–Crippen MR) is 213 cm³/mol.